The van der Waals surface area contributed by atoms with Crippen molar-refractivity contribution in [3.8, 4) is 0 Å². The largest absolute Gasteiger partial charge is 0.376 e. The number of benzene rings is 1. The van der Waals surface area contributed by atoms with E-state index in [4.69, 9.17) is 9.94 Å². The van der Waals surface area contributed by atoms with Gasteiger partial charge >= 0.3 is 0 Å². The molecule has 0 bridgehead atoms. The molecule has 0 spiro atoms. The molecule has 1 unspecified atom stereocenters. The summed E-state index contributed by atoms with van der Waals surface area (Å²) in [5, 5.41) is 11.3. The number of hydrogen-bond donors (Lipinski definition) is 3. The smallest absolute Gasteiger partial charge is 0.251 e. The molecule has 3 N–H and O–H groups in total. The normalized spacial score (nSPS) is 11.7. The van der Waals surface area contributed by atoms with Gasteiger partial charge in [-0.2, -0.15) is 0 Å². The van der Waals surface area contributed by atoms with Crippen LogP contribution in [0.3, 0.4) is 0 Å². The minimum Gasteiger partial charge on any atom is -0.376 e. The molecule has 0 saturated heterocycles. The van der Waals surface area contributed by atoms with Crippen LogP contribution in [-0.4, -0.2) is 35.7 Å². The van der Waals surface area contributed by atoms with E-state index in [0.717, 1.165) is 36.9 Å². The Morgan fingerprint density at radius 2 is 1.83 bits per heavy atom. The number of ether oxygens (including phenoxy) is 1. The predicted octanol–water partition coefficient (Wildman–Crippen LogP) is 3.20. The fourth-order valence-corrected chi connectivity index (χ4v) is 3.02. The van der Waals surface area contributed by atoms with Crippen LogP contribution >= 0.6 is 0 Å². The van der Waals surface area contributed by atoms with Gasteiger partial charge in [-0.15, -0.1) is 0 Å². The molecule has 0 aliphatic heterocycles. The Kier molecular flexibility index (Phi) is 9.82. The molecule has 2 aromatic rings. The number of nitrogens with one attached hydrogen (secondary N) is 2. The zero-order chi connectivity index (χ0) is 20.9. The third-order valence-corrected chi connectivity index (χ3v) is 4.69. The minimum atomic E-state index is -0.363. The fourth-order valence-electron chi connectivity index (χ4n) is 3.02. The Labute approximate surface area is 171 Å². The lowest BCUT2D eigenvalue weighted by Gasteiger charge is -2.16. The van der Waals surface area contributed by atoms with Gasteiger partial charge in [-0.05, 0) is 42.7 Å². The van der Waals surface area contributed by atoms with Crippen LogP contribution in [0.1, 0.15) is 59.8 Å². The van der Waals surface area contributed by atoms with Crippen LogP contribution in [0.15, 0.2) is 48.7 Å². The van der Waals surface area contributed by atoms with Crippen LogP contribution in [0.4, 0.5) is 0 Å². The number of aromatic nitrogens is 1. The maximum atomic E-state index is 12.3. The summed E-state index contributed by atoms with van der Waals surface area (Å²) in [7, 11) is 1.67. The highest BCUT2D eigenvalue weighted by Crippen LogP contribution is 2.21. The molecule has 7 nitrogen and oxygen atoms in total. The molecule has 0 fully saturated rings. The third-order valence-electron chi connectivity index (χ3n) is 4.69. The van der Waals surface area contributed by atoms with E-state index >= 15 is 0 Å². The van der Waals surface area contributed by atoms with E-state index in [1.54, 1.807) is 18.8 Å². The molecule has 1 aromatic heterocycles. The maximum Gasteiger partial charge on any atom is 0.251 e. The number of pyridine rings is 1. The zero-order valence-electron chi connectivity index (χ0n) is 16.8. The van der Waals surface area contributed by atoms with Gasteiger partial charge in [0.25, 0.3) is 5.91 Å². The van der Waals surface area contributed by atoms with E-state index in [1.165, 1.54) is 0 Å². The predicted molar refractivity (Wildman–Crippen MR) is 109 cm³/mol. The van der Waals surface area contributed by atoms with Crippen molar-refractivity contribution in [1.29, 1.82) is 0 Å². The summed E-state index contributed by atoms with van der Waals surface area (Å²) in [5.41, 5.74) is 4.19. The van der Waals surface area contributed by atoms with Gasteiger partial charge in [0.05, 0.1) is 6.10 Å². The molecular formula is C22H29N3O4. The minimum absolute atomic E-state index is 0.102. The number of hydroxylamine groups is 1. The molecule has 0 aliphatic carbocycles. The summed E-state index contributed by atoms with van der Waals surface area (Å²) in [4.78, 5) is 27.5. The molecule has 2 amide bonds. The van der Waals surface area contributed by atoms with Crippen molar-refractivity contribution in [2.45, 2.75) is 44.6 Å². The van der Waals surface area contributed by atoms with E-state index < -0.39 is 0 Å². The second-order valence-electron chi connectivity index (χ2n) is 6.83. The van der Waals surface area contributed by atoms with Crippen molar-refractivity contribution >= 4 is 11.8 Å². The molecule has 2 rings (SSSR count). The first kappa shape index (κ1) is 22.5. The van der Waals surface area contributed by atoms with Crippen molar-refractivity contribution in [2.75, 3.05) is 13.7 Å². The molecule has 0 saturated carbocycles. The summed E-state index contributed by atoms with van der Waals surface area (Å²) in [6.45, 7) is 0.590. The second-order valence-corrected chi connectivity index (χ2v) is 6.83. The van der Waals surface area contributed by atoms with E-state index in [9.17, 15) is 9.59 Å². The monoisotopic (exact) mass is 399 g/mol. The van der Waals surface area contributed by atoms with Crippen molar-refractivity contribution in [2.24, 2.45) is 0 Å². The van der Waals surface area contributed by atoms with E-state index in [-0.39, 0.29) is 17.9 Å². The number of unbranched alkanes of at least 4 members (excludes halogenated alkanes) is 3. The number of nitrogens with zero attached hydrogens (tertiary/aromatic N) is 1. The molecule has 0 radical (unpaired) electrons. The number of carbonyl (C=O) groups excluding carboxylic acids is 2. The lowest BCUT2D eigenvalue weighted by molar-refractivity contribution is -0.129. The van der Waals surface area contributed by atoms with Crippen LogP contribution in [0, 0.1) is 0 Å². The van der Waals surface area contributed by atoms with Crippen LogP contribution in [-0.2, 0) is 16.0 Å². The SMILES string of the molecule is COC(Cc1ccccn1)c1ccc(C(=O)NCCCCCCC(=O)NO)cc1. The van der Waals surface area contributed by atoms with Crippen LogP contribution < -0.4 is 10.8 Å². The molecule has 1 atom stereocenters. The summed E-state index contributed by atoms with van der Waals surface area (Å²) < 4.78 is 5.59. The van der Waals surface area contributed by atoms with Crippen molar-refractivity contribution in [3.05, 3.63) is 65.5 Å². The summed E-state index contributed by atoms with van der Waals surface area (Å²) >= 11 is 0. The lowest BCUT2D eigenvalue weighted by Crippen LogP contribution is -2.24. The standard InChI is InChI=1S/C22H29N3O4/c1-29-20(16-19-8-5-7-14-23-19)17-10-12-18(13-11-17)22(27)24-15-6-3-2-4-9-21(26)25-28/h5,7-8,10-14,20,28H,2-4,6,9,15-16H2,1H3,(H,24,27)(H,25,26). The highest BCUT2D eigenvalue weighted by molar-refractivity contribution is 5.94. The van der Waals surface area contributed by atoms with Crippen molar-refractivity contribution < 1.29 is 19.5 Å². The molecule has 1 aromatic carbocycles. The molecular weight excluding hydrogens is 370 g/mol. The quantitative estimate of drug-likeness (QED) is 0.289. The first-order valence-electron chi connectivity index (χ1n) is 9.88. The lowest BCUT2D eigenvalue weighted by atomic mass is 10.0. The molecule has 29 heavy (non-hydrogen) atoms. The molecule has 7 heteroatoms. The van der Waals surface area contributed by atoms with Crippen molar-refractivity contribution in [1.82, 2.24) is 15.8 Å². The van der Waals surface area contributed by atoms with Gasteiger partial charge in [-0.3, -0.25) is 19.8 Å². The fraction of sp³-hybridized carbons (Fsp3) is 0.409. The van der Waals surface area contributed by atoms with E-state index in [1.807, 2.05) is 42.5 Å². The highest BCUT2D eigenvalue weighted by Gasteiger charge is 2.13. The Balaban J connectivity index is 1.74. The summed E-state index contributed by atoms with van der Waals surface area (Å²) in [6.07, 6.45) is 6.01. The Bertz CT molecular complexity index is 750. The van der Waals surface area contributed by atoms with Gasteiger partial charge in [-0.25, -0.2) is 5.48 Å². The van der Waals surface area contributed by atoms with Crippen molar-refractivity contribution in [3.63, 3.8) is 0 Å². The summed E-state index contributed by atoms with van der Waals surface area (Å²) in [5.74, 6) is -0.465. The number of amides is 2. The topological polar surface area (TPSA) is 101 Å². The van der Waals surface area contributed by atoms with Gasteiger partial charge in [0.1, 0.15) is 0 Å². The zero-order valence-corrected chi connectivity index (χ0v) is 16.8. The number of rotatable bonds is 12. The van der Waals surface area contributed by atoms with Gasteiger partial charge in [0.15, 0.2) is 0 Å². The average molecular weight is 399 g/mol. The average Bonchev–Trinajstić information content (AvgIpc) is 2.77. The van der Waals surface area contributed by atoms with Crippen LogP contribution in [0.5, 0.6) is 0 Å². The Morgan fingerprint density at radius 1 is 1.07 bits per heavy atom. The maximum absolute atomic E-state index is 12.3. The van der Waals surface area contributed by atoms with Crippen LogP contribution in [0.2, 0.25) is 0 Å². The Morgan fingerprint density at radius 3 is 2.48 bits per heavy atom. The third kappa shape index (κ3) is 8.01. The Hall–Kier alpha value is -2.77. The second kappa shape index (κ2) is 12.6. The van der Waals surface area contributed by atoms with E-state index in [0.29, 0.717) is 24.9 Å². The van der Waals surface area contributed by atoms with Gasteiger partial charge in [0.2, 0.25) is 5.91 Å². The molecule has 1 heterocycles. The number of methoxy groups -OCH3 is 1. The molecule has 156 valence electrons. The van der Waals surface area contributed by atoms with Gasteiger partial charge < -0.3 is 10.1 Å². The highest BCUT2D eigenvalue weighted by atomic mass is 16.5. The number of carbonyl (C=O) groups is 2. The summed E-state index contributed by atoms with van der Waals surface area (Å²) in [6, 6.07) is 13.2. The van der Waals surface area contributed by atoms with E-state index in [2.05, 4.69) is 10.3 Å². The first-order chi connectivity index (χ1) is 14.1. The van der Waals surface area contributed by atoms with Crippen LogP contribution in [0.25, 0.3) is 0 Å². The number of hydrogen-bond acceptors (Lipinski definition) is 5. The van der Waals surface area contributed by atoms with Gasteiger partial charge in [0, 0.05) is 44.0 Å². The van der Waals surface area contributed by atoms with Gasteiger partial charge in [-0.1, -0.05) is 31.0 Å². The molecule has 0 aliphatic rings. The first-order valence-corrected chi connectivity index (χ1v) is 9.88.